The summed E-state index contributed by atoms with van der Waals surface area (Å²) >= 11 is 0. The molecule has 3 amide bonds. The van der Waals surface area contributed by atoms with Gasteiger partial charge in [-0.1, -0.05) is 37.3 Å². The van der Waals surface area contributed by atoms with Crippen LogP contribution in [0.15, 0.2) is 30.3 Å². The molecule has 1 N–H and O–H groups in total. The number of urea groups is 1. The third-order valence-electron chi connectivity index (χ3n) is 4.84. The number of amides is 3. The number of carbonyl (C=O) groups excluding carboxylic acids is 2. The second-order valence-electron chi connectivity index (χ2n) is 6.70. The van der Waals surface area contributed by atoms with Gasteiger partial charge in [-0.05, 0) is 24.8 Å². The zero-order valence-electron chi connectivity index (χ0n) is 14.8. The standard InChI is InChI=1S/C19H27N3O3/c1-2-10-21-11-6-12-22(14-17(21)23)19(24)20-16-9-13-25-18(16)15-7-4-3-5-8-15/h3-5,7-8,16,18H,2,6,9-14H2,1H3,(H,20,24). The lowest BCUT2D eigenvalue weighted by Gasteiger charge is -2.26. The zero-order chi connectivity index (χ0) is 17.6. The second-order valence-corrected chi connectivity index (χ2v) is 6.70. The lowest BCUT2D eigenvalue weighted by molar-refractivity contribution is -0.130. The summed E-state index contributed by atoms with van der Waals surface area (Å²) in [5.74, 6) is 0.0387. The molecule has 25 heavy (non-hydrogen) atoms. The molecule has 0 saturated carbocycles. The van der Waals surface area contributed by atoms with E-state index in [0.29, 0.717) is 13.2 Å². The number of nitrogens with zero attached hydrogens (tertiary/aromatic N) is 2. The lowest BCUT2D eigenvalue weighted by atomic mass is 10.0. The first-order chi connectivity index (χ1) is 12.2. The maximum atomic E-state index is 12.7. The van der Waals surface area contributed by atoms with Gasteiger partial charge in [-0.25, -0.2) is 4.79 Å². The molecule has 2 fully saturated rings. The minimum Gasteiger partial charge on any atom is -0.371 e. The van der Waals surface area contributed by atoms with Crippen LogP contribution < -0.4 is 5.32 Å². The molecule has 2 heterocycles. The molecule has 0 aliphatic carbocycles. The molecular weight excluding hydrogens is 318 g/mol. The average molecular weight is 345 g/mol. The van der Waals surface area contributed by atoms with Crippen LogP contribution in [0.2, 0.25) is 0 Å². The SMILES string of the molecule is CCCN1CCCN(C(=O)NC2CCOC2c2ccccc2)CC1=O. The summed E-state index contributed by atoms with van der Waals surface area (Å²) in [5.41, 5.74) is 1.08. The van der Waals surface area contributed by atoms with Crippen molar-refractivity contribution in [1.82, 2.24) is 15.1 Å². The van der Waals surface area contributed by atoms with E-state index in [1.807, 2.05) is 35.2 Å². The third kappa shape index (κ3) is 4.31. The molecule has 0 aromatic heterocycles. The van der Waals surface area contributed by atoms with Gasteiger partial charge < -0.3 is 19.9 Å². The molecule has 2 saturated heterocycles. The van der Waals surface area contributed by atoms with Crippen LogP contribution in [0.3, 0.4) is 0 Å². The van der Waals surface area contributed by atoms with Crippen LogP contribution >= 0.6 is 0 Å². The Balaban J connectivity index is 1.60. The van der Waals surface area contributed by atoms with Crippen LogP contribution in [0.5, 0.6) is 0 Å². The van der Waals surface area contributed by atoms with Crippen molar-refractivity contribution < 1.29 is 14.3 Å². The molecule has 2 aliphatic rings. The molecule has 2 unspecified atom stereocenters. The highest BCUT2D eigenvalue weighted by Gasteiger charge is 2.33. The molecule has 6 heteroatoms. The quantitative estimate of drug-likeness (QED) is 0.910. The van der Waals surface area contributed by atoms with Crippen LogP contribution in [-0.4, -0.2) is 60.6 Å². The van der Waals surface area contributed by atoms with Crippen molar-refractivity contribution in [2.45, 2.75) is 38.3 Å². The Morgan fingerprint density at radius 3 is 2.84 bits per heavy atom. The van der Waals surface area contributed by atoms with Crippen LogP contribution in [-0.2, 0) is 9.53 Å². The fourth-order valence-electron chi connectivity index (χ4n) is 3.56. The van der Waals surface area contributed by atoms with Gasteiger partial charge in [-0.2, -0.15) is 0 Å². The van der Waals surface area contributed by atoms with E-state index < -0.39 is 0 Å². The summed E-state index contributed by atoms with van der Waals surface area (Å²) < 4.78 is 5.83. The molecule has 2 atom stereocenters. The highest BCUT2D eigenvalue weighted by Crippen LogP contribution is 2.29. The molecule has 0 spiro atoms. The summed E-state index contributed by atoms with van der Waals surface area (Å²) in [6.07, 6.45) is 2.43. The van der Waals surface area contributed by atoms with Crippen molar-refractivity contribution in [3.05, 3.63) is 35.9 Å². The summed E-state index contributed by atoms with van der Waals surface area (Å²) in [5, 5.41) is 3.08. The number of carbonyl (C=O) groups is 2. The Hall–Kier alpha value is -2.08. The van der Waals surface area contributed by atoms with Gasteiger partial charge in [-0.15, -0.1) is 0 Å². The second kappa shape index (κ2) is 8.34. The number of nitrogens with one attached hydrogen (secondary N) is 1. The number of hydrogen-bond donors (Lipinski definition) is 1. The van der Waals surface area contributed by atoms with E-state index >= 15 is 0 Å². The molecule has 1 aromatic carbocycles. The van der Waals surface area contributed by atoms with Crippen molar-refractivity contribution in [1.29, 1.82) is 0 Å². The number of benzene rings is 1. The number of ether oxygens (including phenoxy) is 1. The van der Waals surface area contributed by atoms with Gasteiger partial charge >= 0.3 is 6.03 Å². The number of rotatable bonds is 4. The summed E-state index contributed by atoms with van der Waals surface area (Å²) in [6.45, 7) is 4.97. The maximum Gasteiger partial charge on any atom is 0.318 e. The smallest absolute Gasteiger partial charge is 0.318 e. The fourth-order valence-corrected chi connectivity index (χ4v) is 3.56. The molecule has 0 radical (unpaired) electrons. The molecule has 0 bridgehead atoms. The Kier molecular flexibility index (Phi) is 5.91. The van der Waals surface area contributed by atoms with Gasteiger partial charge in [-0.3, -0.25) is 4.79 Å². The van der Waals surface area contributed by atoms with E-state index in [1.165, 1.54) is 0 Å². The van der Waals surface area contributed by atoms with E-state index in [9.17, 15) is 9.59 Å². The molecule has 2 aliphatic heterocycles. The minimum absolute atomic E-state index is 0.0387. The van der Waals surface area contributed by atoms with E-state index in [2.05, 4.69) is 12.2 Å². The Morgan fingerprint density at radius 1 is 1.28 bits per heavy atom. The van der Waals surface area contributed by atoms with Crippen LogP contribution in [0.25, 0.3) is 0 Å². The molecule has 6 nitrogen and oxygen atoms in total. The van der Waals surface area contributed by atoms with Gasteiger partial charge in [0.05, 0.1) is 6.04 Å². The predicted molar refractivity (Wildman–Crippen MR) is 95.1 cm³/mol. The van der Waals surface area contributed by atoms with E-state index in [4.69, 9.17) is 4.74 Å². The van der Waals surface area contributed by atoms with Gasteiger partial charge in [0.2, 0.25) is 5.91 Å². The lowest BCUT2D eigenvalue weighted by Crippen LogP contribution is -2.48. The van der Waals surface area contributed by atoms with E-state index in [-0.39, 0.29) is 30.6 Å². The van der Waals surface area contributed by atoms with Gasteiger partial charge in [0, 0.05) is 26.2 Å². The van der Waals surface area contributed by atoms with Gasteiger partial charge in [0.25, 0.3) is 0 Å². The normalized spacial score (nSPS) is 24.3. The van der Waals surface area contributed by atoms with Crippen molar-refractivity contribution in [2.24, 2.45) is 0 Å². The summed E-state index contributed by atoms with van der Waals surface area (Å²) in [4.78, 5) is 28.5. The Morgan fingerprint density at radius 2 is 2.08 bits per heavy atom. The van der Waals surface area contributed by atoms with Crippen molar-refractivity contribution in [3.8, 4) is 0 Å². The summed E-state index contributed by atoms with van der Waals surface area (Å²) in [7, 11) is 0. The monoisotopic (exact) mass is 345 g/mol. The first-order valence-corrected chi connectivity index (χ1v) is 9.19. The average Bonchev–Trinajstić information content (AvgIpc) is 3.00. The highest BCUT2D eigenvalue weighted by molar-refractivity contribution is 5.84. The molecular formula is C19H27N3O3. The Labute approximate surface area is 149 Å². The van der Waals surface area contributed by atoms with Crippen molar-refractivity contribution >= 4 is 11.9 Å². The number of hydrogen-bond acceptors (Lipinski definition) is 3. The molecule has 3 rings (SSSR count). The Bertz CT molecular complexity index is 593. The summed E-state index contributed by atoms with van der Waals surface area (Å²) in [6, 6.07) is 9.75. The molecule has 1 aromatic rings. The van der Waals surface area contributed by atoms with Gasteiger partial charge in [0.15, 0.2) is 0 Å². The van der Waals surface area contributed by atoms with Crippen molar-refractivity contribution in [2.75, 3.05) is 32.8 Å². The van der Waals surface area contributed by atoms with Crippen molar-refractivity contribution in [3.63, 3.8) is 0 Å². The first kappa shape index (κ1) is 17.7. The van der Waals surface area contributed by atoms with E-state index in [1.54, 1.807) is 4.90 Å². The maximum absolute atomic E-state index is 12.7. The zero-order valence-corrected chi connectivity index (χ0v) is 14.8. The van der Waals surface area contributed by atoms with E-state index in [0.717, 1.165) is 37.9 Å². The molecule has 136 valence electrons. The van der Waals surface area contributed by atoms with Gasteiger partial charge in [0.1, 0.15) is 12.6 Å². The van der Waals surface area contributed by atoms with Crippen LogP contribution in [0, 0.1) is 0 Å². The van der Waals surface area contributed by atoms with Crippen LogP contribution in [0.4, 0.5) is 4.79 Å². The third-order valence-corrected chi connectivity index (χ3v) is 4.84. The highest BCUT2D eigenvalue weighted by atomic mass is 16.5. The van der Waals surface area contributed by atoms with Crippen LogP contribution in [0.1, 0.15) is 37.9 Å². The predicted octanol–water partition coefficient (Wildman–Crippen LogP) is 2.17. The topological polar surface area (TPSA) is 61.9 Å². The fraction of sp³-hybridized carbons (Fsp3) is 0.579. The first-order valence-electron chi connectivity index (χ1n) is 9.19. The minimum atomic E-state index is -0.164. The largest absolute Gasteiger partial charge is 0.371 e.